The molecular weight excluding hydrogens is 250 g/mol. The van der Waals surface area contributed by atoms with E-state index in [0.717, 1.165) is 0 Å². The summed E-state index contributed by atoms with van der Waals surface area (Å²) in [6.07, 6.45) is 2.06. The molecule has 0 bridgehead atoms. The summed E-state index contributed by atoms with van der Waals surface area (Å²) < 4.78 is 10.1. The summed E-state index contributed by atoms with van der Waals surface area (Å²) in [6, 6.07) is 0. The molecule has 1 aliphatic rings. The maximum absolute atomic E-state index is 5.81. The lowest BCUT2D eigenvalue weighted by Gasteiger charge is -2.12. The Morgan fingerprint density at radius 3 is 2.00 bits per heavy atom. The number of ether oxygens (including phenoxy) is 2. The molecule has 0 atom stereocenters. The van der Waals surface area contributed by atoms with Crippen molar-refractivity contribution < 1.29 is 9.47 Å². The quantitative estimate of drug-likeness (QED) is 0.570. The highest BCUT2D eigenvalue weighted by molar-refractivity contribution is 6.36. The summed E-state index contributed by atoms with van der Waals surface area (Å²) in [5.74, 6) is 0. The van der Waals surface area contributed by atoms with Crippen molar-refractivity contribution in [3.8, 4) is 0 Å². The van der Waals surface area contributed by atoms with Gasteiger partial charge in [-0.15, -0.1) is 0 Å². The van der Waals surface area contributed by atoms with Crippen LogP contribution in [0.15, 0.2) is 12.5 Å². The molecule has 4 nitrogen and oxygen atoms in total. The highest BCUT2D eigenvalue weighted by atomic mass is 35.5. The van der Waals surface area contributed by atoms with Gasteiger partial charge in [0.05, 0.1) is 0 Å². The van der Waals surface area contributed by atoms with Crippen molar-refractivity contribution >= 4 is 34.8 Å². The number of rotatable bonds is 1. The molecule has 1 aromatic rings. The molecule has 0 aliphatic carbocycles. The van der Waals surface area contributed by atoms with Crippen LogP contribution in [0.2, 0.25) is 15.6 Å². The van der Waals surface area contributed by atoms with E-state index in [9.17, 15) is 0 Å². The molecule has 0 aromatic carbocycles. The molecule has 0 radical (unpaired) electrons. The summed E-state index contributed by atoms with van der Waals surface area (Å²) in [4.78, 5) is 7.45. The fourth-order valence-electron chi connectivity index (χ4n) is 0.962. The second-order valence-electron chi connectivity index (χ2n) is 2.36. The minimum absolute atomic E-state index is 0.0188. The van der Waals surface area contributed by atoms with Gasteiger partial charge in [-0.2, -0.15) is 0 Å². The average Bonchev–Trinajstić information content (AvgIpc) is 2.54. The van der Waals surface area contributed by atoms with Gasteiger partial charge in [0, 0.05) is 0 Å². The summed E-state index contributed by atoms with van der Waals surface area (Å²) in [7, 11) is 0. The number of hydrogen-bond donors (Lipinski definition) is 0. The fourth-order valence-corrected chi connectivity index (χ4v) is 1.78. The molecule has 0 N–H and O–H groups in total. The van der Waals surface area contributed by atoms with E-state index < -0.39 is 6.29 Å². The molecule has 74 valence electrons. The normalized spacial score (nSPS) is 15.4. The number of aromatic nitrogens is 2. The van der Waals surface area contributed by atoms with E-state index in [4.69, 9.17) is 44.3 Å². The van der Waals surface area contributed by atoms with E-state index in [-0.39, 0.29) is 15.6 Å². The Balaban J connectivity index is 2.41. The third kappa shape index (κ3) is 1.73. The summed E-state index contributed by atoms with van der Waals surface area (Å²) in [6.45, 7) is 0. The first-order valence-corrected chi connectivity index (χ1v) is 4.66. The molecule has 0 saturated carbocycles. The van der Waals surface area contributed by atoms with Crippen LogP contribution in [-0.2, 0) is 9.47 Å². The molecule has 14 heavy (non-hydrogen) atoms. The molecule has 0 amide bonds. The van der Waals surface area contributed by atoms with Gasteiger partial charge in [-0.1, -0.05) is 23.2 Å². The van der Waals surface area contributed by atoms with Crippen LogP contribution in [0.1, 0.15) is 11.9 Å². The van der Waals surface area contributed by atoms with E-state index in [1.807, 2.05) is 0 Å². The standard InChI is InChI=1S/C7H3Cl3N2O2/c8-4-3(6-13-1-2-14-6)5(9)12-7(10)11-4/h1-2,6H. The monoisotopic (exact) mass is 252 g/mol. The van der Waals surface area contributed by atoms with Crippen molar-refractivity contribution in [2.75, 3.05) is 0 Å². The van der Waals surface area contributed by atoms with Gasteiger partial charge < -0.3 is 9.47 Å². The number of hydrogen-bond acceptors (Lipinski definition) is 4. The molecule has 1 aliphatic heterocycles. The van der Waals surface area contributed by atoms with Crippen molar-refractivity contribution in [1.29, 1.82) is 0 Å². The molecule has 0 spiro atoms. The van der Waals surface area contributed by atoms with Gasteiger partial charge >= 0.3 is 0 Å². The van der Waals surface area contributed by atoms with Gasteiger partial charge in [0.15, 0.2) is 0 Å². The topological polar surface area (TPSA) is 44.2 Å². The number of nitrogens with zero attached hydrogens (tertiary/aromatic N) is 2. The SMILES string of the molecule is Clc1nc(Cl)c(C2OC=CO2)c(Cl)n1. The molecule has 2 rings (SSSR count). The number of halogens is 3. The Bertz CT molecular complexity index is 366. The van der Waals surface area contributed by atoms with Gasteiger partial charge in [-0.25, -0.2) is 9.97 Å². The lowest BCUT2D eigenvalue weighted by Crippen LogP contribution is -2.03. The highest BCUT2D eigenvalue weighted by Crippen LogP contribution is 2.33. The maximum atomic E-state index is 5.81. The smallest absolute Gasteiger partial charge is 0.272 e. The minimum atomic E-state index is -0.702. The zero-order valence-electron chi connectivity index (χ0n) is 6.58. The van der Waals surface area contributed by atoms with E-state index in [2.05, 4.69) is 9.97 Å². The molecule has 2 heterocycles. The third-order valence-electron chi connectivity index (χ3n) is 1.52. The lowest BCUT2D eigenvalue weighted by molar-refractivity contribution is -0.0249. The first-order chi connectivity index (χ1) is 6.68. The van der Waals surface area contributed by atoms with Crippen LogP contribution in [0.3, 0.4) is 0 Å². The zero-order chi connectivity index (χ0) is 10.1. The van der Waals surface area contributed by atoms with Crippen LogP contribution in [0.5, 0.6) is 0 Å². The molecular formula is C7H3Cl3N2O2. The van der Waals surface area contributed by atoms with Gasteiger partial charge in [0.25, 0.3) is 6.29 Å². The van der Waals surface area contributed by atoms with Gasteiger partial charge in [0.2, 0.25) is 5.28 Å². The summed E-state index contributed by atoms with van der Waals surface area (Å²) in [5, 5.41) is 0.210. The molecule has 0 saturated heterocycles. The van der Waals surface area contributed by atoms with Gasteiger partial charge in [-0.05, 0) is 11.6 Å². The van der Waals surface area contributed by atoms with Gasteiger partial charge in [-0.3, -0.25) is 0 Å². The molecule has 0 fully saturated rings. The molecule has 1 aromatic heterocycles. The Hall–Kier alpha value is -0.710. The predicted octanol–water partition coefficient (Wildman–Crippen LogP) is 2.95. The largest absolute Gasteiger partial charge is 0.455 e. The Morgan fingerprint density at radius 2 is 1.50 bits per heavy atom. The van der Waals surface area contributed by atoms with Crippen molar-refractivity contribution in [2.45, 2.75) is 6.29 Å². The van der Waals surface area contributed by atoms with E-state index in [1.165, 1.54) is 12.5 Å². The van der Waals surface area contributed by atoms with Crippen molar-refractivity contribution in [3.05, 3.63) is 33.7 Å². The predicted molar refractivity (Wildman–Crippen MR) is 51.1 cm³/mol. The van der Waals surface area contributed by atoms with E-state index >= 15 is 0 Å². The van der Waals surface area contributed by atoms with E-state index in [1.54, 1.807) is 0 Å². The van der Waals surface area contributed by atoms with Crippen molar-refractivity contribution in [2.24, 2.45) is 0 Å². The second kappa shape index (κ2) is 3.81. The first-order valence-electron chi connectivity index (χ1n) is 3.53. The minimum Gasteiger partial charge on any atom is -0.455 e. The Kier molecular flexibility index (Phi) is 2.67. The summed E-state index contributed by atoms with van der Waals surface area (Å²) in [5.41, 5.74) is 0.364. The lowest BCUT2D eigenvalue weighted by atomic mass is 10.3. The second-order valence-corrected chi connectivity index (χ2v) is 3.42. The van der Waals surface area contributed by atoms with Crippen LogP contribution in [0.4, 0.5) is 0 Å². The first kappa shape index (κ1) is 9.83. The summed E-state index contributed by atoms with van der Waals surface area (Å²) >= 11 is 17.2. The maximum Gasteiger partial charge on any atom is 0.272 e. The molecule has 7 heteroatoms. The van der Waals surface area contributed by atoms with Crippen LogP contribution in [0.25, 0.3) is 0 Å². The molecule has 0 unspecified atom stereocenters. The van der Waals surface area contributed by atoms with Gasteiger partial charge in [0.1, 0.15) is 28.4 Å². The average molecular weight is 253 g/mol. The van der Waals surface area contributed by atoms with Crippen LogP contribution < -0.4 is 0 Å². The van der Waals surface area contributed by atoms with Crippen molar-refractivity contribution in [1.82, 2.24) is 9.97 Å². The van der Waals surface area contributed by atoms with Crippen LogP contribution in [-0.4, -0.2) is 9.97 Å². The zero-order valence-corrected chi connectivity index (χ0v) is 8.84. The third-order valence-corrected chi connectivity index (χ3v) is 2.27. The van der Waals surface area contributed by atoms with Crippen molar-refractivity contribution in [3.63, 3.8) is 0 Å². The fraction of sp³-hybridized carbons (Fsp3) is 0.143. The van der Waals surface area contributed by atoms with Crippen LogP contribution >= 0.6 is 34.8 Å². The Morgan fingerprint density at radius 1 is 1.00 bits per heavy atom. The highest BCUT2D eigenvalue weighted by Gasteiger charge is 2.24. The Labute approximate surface area is 94.4 Å². The van der Waals surface area contributed by atoms with E-state index in [0.29, 0.717) is 5.56 Å². The van der Waals surface area contributed by atoms with Crippen LogP contribution in [0, 0.1) is 0 Å².